The first kappa shape index (κ1) is 18.9. The van der Waals surface area contributed by atoms with Gasteiger partial charge in [0.2, 0.25) is 0 Å². The molecule has 0 bridgehead atoms. The molecule has 1 heteroatoms. The van der Waals surface area contributed by atoms with E-state index in [1.807, 2.05) is 0 Å². The molecule has 0 aliphatic rings. The number of carbonyl (C=O) groups excluding carboxylic acids is 1. The Kier molecular flexibility index (Phi) is 15.1. The summed E-state index contributed by atoms with van der Waals surface area (Å²) in [6.07, 6.45) is 24.7. The highest BCUT2D eigenvalue weighted by Crippen LogP contribution is 2.07. The summed E-state index contributed by atoms with van der Waals surface area (Å²) in [4.78, 5) is 10.8. The van der Waals surface area contributed by atoms with Gasteiger partial charge in [-0.05, 0) is 32.6 Å². The molecule has 0 saturated heterocycles. The van der Waals surface area contributed by atoms with Crippen LogP contribution in [-0.4, -0.2) is 5.78 Å². The van der Waals surface area contributed by atoms with Crippen LogP contribution in [0.1, 0.15) is 78.1 Å². The zero-order valence-corrected chi connectivity index (χ0v) is 13.4. The Morgan fingerprint density at radius 1 is 0.750 bits per heavy atom. The van der Waals surface area contributed by atoms with Crippen molar-refractivity contribution in [3.05, 3.63) is 36.5 Å². The highest BCUT2D eigenvalue weighted by atomic mass is 16.1. The first-order valence-corrected chi connectivity index (χ1v) is 8.25. The fraction of sp³-hybridized carbons (Fsp3) is 0.632. The molecule has 20 heavy (non-hydrogen) atoms. The van der Waals surface area contributed by atoms with Crippen molar-refractivity contribution in [3.8, 4) is 0 Å². The summed E-state index contributed by atoms with van der Waals surface area (Å²) >= 11 is 0. The number of Topliss-reactive ketones (excluding diaryl/α,β-unsaturated/α-hetero) is 1. The first-order valence-electron chi connectivity index (χ1n) is 8.25. The van der Waals surface area contributed by atoms with E-state index in [1.54, 1.807) is 6.92 Å². The van der Waals surface area contributed by atoms with Gasteiger partial charge in [-0.15, -0.1) is 0 Å². The zero-order chi connectivity index (χ0) is 14.9. The van der Waals surface area contributed by atoms with Crippen molar-refractivity contribution in [2.45, 2.75) is 78.1 Å². The van der Waals surface area contributed by atoms with Crippen LogP contribution in [0.2, 0.25) is 0 Å². The van der Waals surface area contributed by atoms with E-state index in [9.17, 15) is 4.79 Å². The van der Waals surface area contributed by atoms with Crippen molar-refractivity contribution < 1.29 is 4.79 Å². The summed E-state index contributed by atoms with van der Waals surface area (Å²) in [6, 6.07) is 0. The highest BCUT2D eigenvalue weighted by molar-refractivity contribution is 5.75. The van der Waals surface area contributed by atoms with Crippen LogP contribution in [0.5, 0.6) is 0 Å². The molecule has 0 aliphatic carbocycles. The van der Waals surface area contributed by atoms with Gasteiger partial charge in [-0.3, -0.25) is 0 Å². The predicted octanol–water partition coefficient (Wildman–Crippen LogP) is 6.16. The van der Waals surface area contributed by atoms with Gasteiger partial charge in [0.05, 0.1) is 0 Å². The first-order chi connectivity index (χ1) is 9.77. The quantitative estimate of drug-likeness (QED) is 0.290. The molecule has 0 unspecified atom stereocenters. The second-order valence-electron chi connectivity index (χ2n) is 5.39. The van der Waals surface area contributed by atoms with Gasteiger partial charge in [0.1, 0.15) is 5.78 Å². The number of hydrogen-bond donors (Lipinski definition) is 0. The molecular formula is C19H32O. The zero-order valence-electron chi connectivity index (χ0n) is 13.4. The average Bonchev–Trinajstić information content (AvgIpc) is 2.43. The smallest absolute Gasteiger partial charge is 0.129 e. The van der Waals surface area contributed by atoms with Gasteiger partial charge in [-0.1, -0.05) is 75.5 Å². The molecule has 0 saturated carbocycles. The van der Waals surface area contributed by atoms with Crippen LogP contribution in [-0.2, 0) is 4.79 Å². The van der Waals surface area contributed by atoms with Crippen LogP contribution in [0.4, 0.5) is 0 Å². The monoisotopic (exact) mass is 276 g/mol. The summed E-state index contributed by atoms with van der Waals surface area (Å²) in [5.74, 6) is 0.323. The van der Waals surface area contributed by atoms with Gasteiger partial charge < -0.3 is 4.79 Å². The fourth-order valence-corrected chi connectivity index (χ4v) is 1.97. The Morgan fingerprint density at radius 3 is 1.90 bits per heavy atom. The second kappa shape index (κ2) is 15.9. The van der Waals surface area contributed by atoms with Crippen LogP contribution in [0, 0.1) is 0 Å². The van der Waals surface area contributed by atoms with E-state index in [2.05, 4.69) is 43.4 Å². The molecule has 0 aromatic rings. The number of ketones is 1. The summed E-state index contributed by atoms with van der Waals surface area (Å²) in [6.45, 7) is 3.90. The van der Waals surface area contributed by atoms with Gasteiger partial charge in [-0.25, -0.2) is 0 Å². The normalized spacial score (nSPS) is 12.1. The SMILES string of the molecule is CCCC\C=C/C=C/C=C\CCCCCCCC(C)=O. The van der Waals surface area contributed by atoms with E-state index in [4.69, 9.17) is 0 Å². The molecule has 114 valence electrons. The van der Waals surface area contributed by atoms with E-state index in [0.29, 0.717) is 5.78 Å². The summed E-state index contributed by atoms with van der Waals surface area (Å²) < 4.78 is 0. The topological polar surface area (TPSA) is 17.1 Å². The Labute approximate surface area is 125 Å². The predicted molar refractivity (Wildman–Crippen MR) is 89.9 cm³/mol. The average molecular weight is 276 g/mol. The third kappa shape index (κ3) is 16.9. The van der Waals surface area contributed by atoms with Crippen LogP contribution >= 0.6 is 0 Å². The van der Waals surface area contributed by atoms with Crippen molar-refractivity contribution in [2.24, 2.45) is 0 Å². The third-order valence-electron chi connectivity index (χ3n) is 3.23. The molecule has 0 radical (unpaired) electrons. The van der Waals surface area contributed by atoms with E-state index >= 15 is 0 Å². The Bertz CT molecular complexity index is 297. The lowest BCUT2D eigenvalue weighted by Gasteiger charge is -1.98. The molecular weight excluding hydrogens is 244 g/mol. The highest BCUT2D eigenvalue weighted by Gasteiger charge is 1.93. The second-order valence-corrected chi connectivity index (χ2v) is 5.39. The van der Waals surface area contributed by atoms with E-state index < -0.39 is 0 Å². The molecule has 0 fully saturated rings. The molecule has 0 atom stereocenters. The van der Waals surface area contributed by atoms with Crippen LogP contribution in [0.15, 0.2) is 36.5 Å². The number of unbranched alkanes of at least 4 members (excludes halogenated alkanes) is 7. The molecule has 0 heterocycles. The molecule has 0 amide bonds. The summed E-state index contributed by atoms with van der Waals surface area (Å²) in [5, 5.41) is 0. The van der Waals surface area contributed by atoms with E-state index in [0.717, 1.165) is 19.3 Å². The summed E-state index contributed by atoms with van der Waals surface area (Å²) in [7, 11) is 0. The Hall–Kier alpha value is -1.11. The minimum atomic E-state index is 0.323. The van der Waals surface area contributed by atoms with Crippen LogP contribution in [0.3, 0.4) is 0 Å². The molecule has 0 N–H and O–H groups in total. The maximum atomic E-state index is 10.8. The molecule has 1 nitrogen and oxygen atoms in total. The summed E-state index contributed by atoms with van der Waals surface area (Å²) in [5.41, 5.74) is 0. The molecule has 0 aromatic carbocycles. The molecule has 0 aromatic heterocycles. The number of hydrogen-bond acceptors (Lipinski definition) is 1. The van der Waals surface area contributed by atoms with Crippen molar-refractivity contribution in [3.63, 3.8) is 0 Å². The van der Waals surface area contributed by atoms with Gasteiger partial charge in [0.15, 0.2) is 0 Å². The number of carbonyl (C=O) groups is 1. The maximum Gasteiger partial charge on any atom is 0.129 e. The van der Waals surface area contributed by atoms with Crippen molar-refractivity contribution in [1.29, 1.82) is 0 Å². The van der Waals surface area contributed by atoms with Crippen molar-refractivity contribution in [2.75, 3.05) is 0 Å². The van der Waals surface area contributed by atoms with Crippen LogP contribution in [0.25, 0.3) is 0 Å². The number of rotatable bonds is 13. The van der Waals surface area contributed by atoms with Crippen LogP contribution < -0.4 is 0 Å². The lowest BCUT2D eigenvalue weighted by atomic mass is 10.1. The molecule has 0 aliphatic heterocycles. The molecule has 0 spiro atoms. The van der Waals surface area contributed by atoms with E-state index in [-0.39, 0.29) is 0 Å². The largest absolute Gasteiger partial charge is 0.300 e. The van der Waals surface area contributed by atoms with Gasteiger partial charge in [0, 0.05) is 6.42 Å². The minimum Gasteiger partial charge on any atom is -0.300 e. The van der Waals surface area contributed by atoms with Gasteiger partial charge in [-0.2, -0.15) is 0 Å². The standard InChI is InChI=1S/C19H32O/c1-3-4-5-6-7-8-9-10-11-12-13-14-15-16-17-18-19(2)20/h6-11H,3-5,12-18H2,1-2H3/b7-6-,9-8+,11-10-. The van der Waals surface area contributed by atoms with Crippen molar-refractivity contribution in [1.82, 2.24) is 0 Å². The van der Waals surface area contributed by atoms with Gasteiger partial charge in [0.25, 0.3) is 0 Å². The Morgan fingerprint density at radius 2 is 1.30 bits per heavy atom. The minimum absolute atomic E-state index is 0.323. The van der Waals surface area contributed by atoms with E-state index in [1.165, 1.54) is 44.9 Å². The van der Waals surface area contributed by atoms with Gasteiger partial charge >= 0.3 is 0 Å². The number of allylic oxidation sites excluding steroid dienone is 6. The lowest BCUT2D eigenvalue weighted by molar-refractivity contribution is -0.117. The van der Waals surface area contributed by atoms with Crippen molar-refractivity contribution >= 4 is 5.78 Å². The fourth-order valence-electron chi connectivity index (χ4n) is 1.97. The Balaban J connectivity index is 3.29. The maximum absolute atomic E-state index is 10.8. The molecule has 0 rings (SSSR count). The third-order valence-corrected chi connectivity index (χ3v) is 3.23. The lowest BCUT2D eigenvalue weighted by Crippen LogP contribution is -1.89.